The van der Waals surface area contributed by atoms with Gasteiger partial charge in [0, 0.05) is 18.2 Å². The molecule has 0 amide bonds. The summed E-state index contributed by atoms with van der Waals surface area (Å²) in [5.41, 5.74) is 0.671. The number of halogens is 3. The first-order valence-corrected chi connectivity index (χ1v) is 7.99. The first kappa shape index (κ1) is 17.8. The van der Waals surface area contributed by atoms with Crippen LogP contribution in [0.5, 0.6) is 0 Å². The summed E-state index contributed by atoms with van der Waals surface area (Å²) >= 11 is 0. The van der Waals surface area contributed by atoms with E-state index in [0.29, 0.717) is 12.1 Å². The van der Waals surface area contributed by atoms with Crippen molar-refractivity contribution in [2.45, 2.75) is 43.3 Å². The fraction of sp³-hybridized carbons (Fsp3) is 0.538. The van der Waals surface area contributed by atoms with Crippen molar-refractivity contribution in [3.05, 3.63) is 24.3 Å². The highest BCUT2D eigenvalue weighted by Gasteiger charge is 2.26. The predicted octanol–water partition coefficient (Wildman–Crippen LogP) is 3.13. The maximum atomic E-state index is 12.0. The zero-order valence-corrected chi connectivity index (χ0v) is 12.7. The molecule has 0 aliphatic heterocycles. The molecule has 1 rings (SSSR count). The van der Waals surface area contributed by atoms with E-state index in [1.54, 1.807) is 19.1 Å². The third-order valence-corrected chi connectivity index (χ3v) is 4.37. The van der Waals surface area contributed by atoms with Crippen molar-refractivity contribution in [2.75, 3.05) is 12.4 Å². The van der Waals surface area contributed by atoms with Crippen molar-refractivity contribution >= 4 is 15.7 Å². The van der Waals surface area contributed by atoms with Crippen molar-refractivity contribution < 1.29 is 21.6 Å². The van der Waals surface area contributed by atoms with Gasteiger partial charge in [0.1, 0.15) is 0 Å². The monoisotopic (exact) mass is 324 g/mol. The summed E-state index contributed by atoms with van der Waals surface area (Å²) in [7, 11) is -2.15. The molecule has 0 saturated heterocycles. The third kappa shape index (κ3) is 6.34. The summed E-state index contributed by atoms with van der Waals surface area (Å²) in [6, 6.07) is 5.93. The van der Waals surface area contributed by atoms with Gasteiger partial charge < -0.3 is 5.32 Å². The fourth-order valence-corrected chi connectivity index (χ4v) is 2.54. The van der Waals surface area contributed by atoms with Crippen LogP contribution in [0.2, 0.25) is 0 Å². The SMILES string of the molecule is CNS(=O)(=O)c1ccc(NC(C)CCCC(F)(F)F)cc1. The molecule has 1 aromatic rings. The lowest BCUT2D eigenvalue weighted by molar-refractivity contribution is -0.135. The number of sulfonamides is 1. The van der Waals surface area contributed by atoms with Crippen molar-refractivity contribution in [1.29, 1.82) is 0 Å². The summed E-state index contributed by atoms with van der Waals surface area (Å²) in [6.07, 6.45) is -4.47. The molecule has 21 heavy (non-hydrogen) atoms. The number of anilines is 1. The molecule has 1 aromatic carbocycles. The number of benzene rings is 1. The second kappa shape index (κ2) is 7.13. The zero-order chi connectivity index (χ0) is 16.1. The van der Waals surface area contributed by atoms with Gasteiger partial charge in [-0.25, -0.2) is 13.1 Å². The van der Waals surface area contributed by atoms with Gasteiger partial charge in [-0.2, -0.15) is 13.2 Å². The lowest BCUT2D eigenvalue weighted by Crippen LogP contribution is -2.19. The molecule has 0 fully saturated rings. The highest BCUT2D eigenvalue weighted by Crippen LogP contribution is 2.23. The summed E-state index contributed by atoms with van der Waals surface area (Å²) in [5, 5.41) is 3.04. The van der Waals surface area contributed by atoms with Crippen LogP contribution < -0.4 is 10.0 Å². The standard InChI is InChI=1S/C13H19F3N2O2S/c1-10(4-3-9-13(14,15)16)18-11-5-7-12(8-6-11)21(19,20)17-2/h5-8,10,17-18H,3-4,9H2,1-2H3. The molecule has 1 unspecified atom stereocenters. The van der Waals surface area contributed by atoms with E-state index < -0.39 is 22.6 Å². The molecule has 0 bridgehead atoms. The molecule has 120 valence electrons. The van der Waals surface area contributed by atoms with E-state index in [0.717, 1.165) is 0 Å². The van der Waals surface area contributed by atoms with Gasteiger partial charge >= 0.3 is 6.18 Å². The van der Waals surface area contributed by atoms with Gasteiger partial charge in [-0.3, -0.25) is 0 Å². The van der Waals surface area contributed by atoms with E-state index >= 15 is 0 Å². The van der Waals surface area contributed by atoms with Gasteiger partial charge in [-0.1, -0.05) is 0 Å². The Balaban J connectivity index is 2.52. The lowest BCUT2D eigenvalue weighted by Gasteiger charge is -2.16. The average Bonchev–Trinajstić information content (AvgIpc) is 2.37. The van der Waals surface area contributed by atoms with Crippen molar-refractivity contribution in [3.8, 4) is 0 Å². The topological polar surface area (TPSA) is 58.2 Å². The number of hydrogen-bond acceptors (Lipinski definition) is 3. The molecule has 1 atom stereocenters. The highest BCUT2D eigenvalue weighted by atomic mass is 32.2. The summed E-state index contributed by atoms with van der Waals surface area (Å²) in [4.78, 5) is 0.139. The maximum absolute atomic E-state index is 12.0. The molecule has 8 heteroatoms. The van der Waals surface area contributed by atoms with Crippen molar-refractivity contribution in [2.24, 2.45) is 0 Å². The molecule has 0 aromatic heterocycles. The van der Waals surface area contributed by atoms with E-state index in [1.165, 1.54) is 19.2 Å². The Labute approximate surface area is 122 Å². The molecular formula is C13H19F3N2O2S. The van der Waals surface area contributed by atoms with Crippen LogP contribution in [0.4, 0.5) is 18.9 Å². The predicted molar refractivity (Wildman–Crippen MR) is 75.7 cm³/mol. The lowest BCUT2D eigenvalue weighted by atomic mass is 10.1. The minimum atomic E-state index is -4.12. The first-order chi connectivity index (χ1) is 9.64. The Morgan fingerprint density at radius 2 is 1.76 bits per heavy atom. The van der Waals surface area contributed by atoms with Gasteiger partial charge in [0.15, 0.2) is 0 Å². The largest absolute Gasteiger partial charge is 0.389 e. The molecule has 0 radical (unpaired) electrons. The second-order valence-corrected chi connectivity index (χ2v) is 6.67. The molecule has 0 spiro atoms. The minimum Gasteiger partial charge on any atom is -0.383 e. The van der Waals surface area contributed by atoms with Crippen molar-refractivity contribution in [1.82, 2.24) is 4.72 Å². The molecule has 4 nitrogen and oxygen atoms in total. The van der Waals surface area contributed by atoms with E-state index in [2.05, 4.69) is 10.0 Å². The van der Waals surface area contributed by atoms with E-state index in [1.807, 2.05) is 0 Å². The third-order valence-electron chi connectivity index (χ3n) is 2.94. The van der Waals surface area contributed by atoms with Crippen LogP contribution in [-0.4, -0.2) is 27.7 Å². The Bertz CT molecular complexity index is 542. The van der Waals surface area contributed by atoms with Gasteiger partial charge in [0.05, 0.1) is 4.90 Å². The zero-order valence-electron chi connectivity index (χ0n) is 11.9. The average molecular weight is 324 g/mol. The van der Waals surface area contributed by atoms with Crippen LogP contribution in [-0.2, 0) is 10.0 Å². The summed E-state index contributed by atoms with van der Waals surface area (Å²) < 4.78 is 61.4. The van der Waals surface area contributed by atoms with Crippen LogP contribution >= 0.6 is 0 Å². The molecular weight excluding hydrogens is 305 g/mol. The van der Waals surface area contributed by atoms with E-state index in [9.17, 15) is 21.6 Å². The Kier molecular flexibility index (Phi) is 6.03. The molecule has 0 saturated carbocycles. The van der Waals surface area contributed by atoms with Crippen LogP contribution in [0.1, 0.15) is 26.2 Å². The van der Waals surface area contributed by atoms with Crippen LogP contribution in [0.3, 0.4) is 0 Å². The van der Waals surface area contributed by atoms with E-state index in [-0.39, 0.29) is 17.4 Å². The van der Waals surface area contributed by atoms with Gasteiger partial charge in [-0.05, 0) is 51.1 Å². The highest BCUT2D eigenvalue weighted by molar-refractivity contribution is 7.89. The van der Waals surface area contributed by atoms with Crippen LogP contribution in [0, 0.1) is 0 Å². The molecule has 0 heterocycles. The summed E-state index contributed by atoms with van der Waals surface area (Å²) in [5.74, 6) is 0. The van der Waals surface area contributed by atoms with Crippen LogP contribution in [0.15, 0.2) is 29.2 Å². The quantitative estimate of drug-likeness (QED) is 0.810. The fourth-order valence-electron chi connectivity index (χ4n) is 1.81. The Morgan fingerprint density at radius 1 is 1.19 bits per heavy atom. The van der Waals surface area contributed by atoms with Gasteiger partial charge in [-0.15, -0.1) is 0 Å². The van der Waals surface area contributed by atoms with Gasteiger partial charge in [0.2, 0.25) is 10.0 Å². The maximum Gasteiger partial charge on any atom is 0.389 e. The number of rotatable bonds is 7. The van der Waals surface area contributed by atoms with Gasteiger partial charge in [0.25, 0.3) is 0 Å². The normalized spacial score (nSPS) is 14.0. The second-order valence-electron chi connectivity index (χ2n) is 4.78. The Morgan fingerprint density at radius 3 is 2.24 bits per heavy atom. The molecule has 0 aliphatic rings. The smallest absolute Gasteiger partial charge is 0.383 e. The molecule has 2 N–H and O–H groups in total. The minimum absolute atomic E-state index is 0.0594. The number of alkyl halides is 3. The number of nitrogens with one attached hydrogen (secondary N) is 2. The first-order valence-electron chi connectivity index (χ1n) is 6.51. The summed E-state index contributed by atoms with van der Waals surface area (Å²) in [6.45, 7) is 1.79. The van der Waals surface area contributed by atoms with E-state index in [4.69, 9.17) is 0 Å². The van der Waals surface area contributed by atoms with Crippen LogP contribution in [0.25, 0.3) is 0 Å². The number of hydrogen-bond donors (Lipinski definition) is 2. The molecule has 0 aliphatic carbocycles. The van der Waals surface area contributed by atoms with Crippen molar-refractivity contribution in [3.63, 3.8) is 0 Å². The Hall–Kier alpha value is -1.28.